The second-order valence-electron chi connectivity index (χ2n) is 3.17. The molecule has 0 saturated carbocycles. The SMILES string of the molecule is CCC1(C)OC(CO)C(CO)O1. The molecule has 0 bridgehead atoms. The number of hydrogen-bond acceptors (Lipinski definition) is 4. The van der Waals surface area contributed by atoms with Gasteiger partial charge in [0, 0.05) is 0 Å². The van der Waals surface area contributed by atoms with Crippen LogP contribution in [0.2, 0.25) is 0 Å². The first-order valence-electron chi connectivity index (χ1n) is 4.22. The maximum Gasteiger partial charge on any atom is 0.166 e. The van der Waals surface area contributed by atoms with E-state index in [1.54, 1.807) is 0 Å². The summed E-state index contributed by atoms with van der Waals surface area (Å²) in [5.41, 5.74) is 0. The molecular formula is C8H16O4. The summed E-state index contributed by atoms with van der Waals surface area (Å²) in [6.07, 6.45) is -0.0695. The molecule has 72 valence electrons. The van der Waals surface area contributed by atoms with Crippen LogP contribution in [-0.2, 0) is 9.47 Å². The van der Waals surface area contributed by atoms with Crippen molar-refractivity contribution in [1.29, 1.82) is 0 Å². The average molecular weight is 176 g/mol. The predicted octanol–water partition coefficient (Wildman–Crippen LogP) is -0.119. The molecule has 4 heteroatoms. The first-order valence-corrected chi connectivity index (χ1v) is 4.22. The Morgan fingerprint density at radius 1 is 1.17 bits per heavy atom. The van der Waals surface area contributed by atoms with Crippen LogP contribution in [-0.4, -0.2) is 41.4 Å². The molecule has 0 amide bonds. The summed E-state index contributed by atoms with van der Waals surface area (Å²) in [6, 6.07) is 0. The van der Waals surface area contributed by atoms with Crippen LogP contribution in [0.25, 0.3) is 0 Å². The molecule has 2 unspecified atom stereocenters. The van der Waals surface area contributed by atoms with Crippen molar-refractivity contribution in [2.75, 3.05) is 13.2 Å². The quantitative estimate of drug-likeness (QED) is 0.629. The zero-order valence-corrected chi connectivity index (χ0v) is 7.49. The van der Waals surface area contributed by atoms with E-state index in [2.05, 4.69) is 0 Å². The predicted molar refractivity (Wildman–Crippen MR) is 42.6 cm³/mol. The molecule has 1 aliphatic rings. The van der Waals surface area contributed by atoms with Crippen molar-refractivity contribution in [3.05, 3.63) is 0 Å². The summed E-state index contributed by atoms with van der Waals surface area (Å²) in [5.74, 6) is -0.638. The van der Waals surface area contributed by atoms with Gasteiger partial charge < -0.3 is 19.7 Å². The lowest BCUT2D eigenvalue weighted by Gasteiger charge is -2.20. The molecule has 12 heavy (non-hydrogen) atoms. The van der Waals surface area contributed by atoms with Crippen LogP contribution in [0.5, 0.6) is 0 Å². The van der Waals surface area contributed by atoms with Crippen LogP contribution in [0.4, 0.5) is 0 Å². The molecule has 0 aliphatic carbocycles. The first-order chi connectivity index (χ1) is 5.65. The van der Waals surface area contributed by atoms with E-state index in [0.29, 0.717) is 6.42 Å². The number of rotatable bonds is 3. The molecule has 1 rings (SSSR count). The summed E-state index contributed by atoms with van der Waals surface area (Å²) >= 11 is 0. The van der Waals surface area contributed by atoms with Crippen LogP contribution >= 0.6 is 0 Å². The van der Waals surface area contributed by atoms with Crippen molar-refractivity contribution < 1.29 is 19.7 Å². The van der Waals surface area contributed by atoms with Gasteiger partial charge >= 0.3 is 0 Å². The minimum absolute atomic E-state index is 0.110. The van der Waals surface area contributed by atoms with Gasteiger partial charge in [0.2, 0.25) is 0 Å². The Bertz CT molecular complexity index is 136. The molecule has 2 N–H and O–H groups in total. The Labute approximate surface area is 72.1 Å². The normalized spacial score (nSPS) is 42.0. The maximum absolute atomic E-state index is 8.88. The van der Waals surface area contributed by atoms with E-state index in [1.807, 2.05) is 13.8 Å². The van der Waals surface area contributed by atoms with Gasteiger partial charge in [0.15, 0.2) is 5.79 Å². The zero-order chi connectivity index (χ0) is 9.19. The molecule has 1 fully saturated rings. The second-order valence-corrected chi connectivity index (χ2v) is 3.17. The van der Waals surface area contributed by atoms with E-state index < -0.39 is 5.79 Å². The van der Waals surface area contributed by atoms with Gasteiger partial charge in [-0.1, -0.05) is 6.92 Å². The number of hydrogen-bond donors (Lipinski definition) is 2. The maximum atomic E-state index is 8.88. The van der Waals surface area contributed by atoms with Crippen LogP contribution in [0.1, 0.15) is 20.3 Å². The second kappa shape index (κ2) is 3.70. The lowest BCUT2D eigenvalue weighted by atomic mass is 10.2. The Kier molecular flexibility index (Phi) is 3.06. The molecule has 2 atom stereocenters. The summed E-state index contributed by atoms with van der Waals surface area (Å²) in [5, 5.41) is 17.8. The molecule has 1 saturated heterocycles. The van der Waals surface area contributed by atoms with E-state index in [9.17, 15) is 0 Å². The smallest absolute Gasteiger partial charge is 0.166 e. The van der Waals surface area contributed by atoms with Crippen molar-refractivity contribution >= 4 is 0 Å². The fourth-order valence-electron chi connectivity index (χ4n) is 1.30. The summed E-state index contributed by atoms with van der Waals surface area (Å²) in [6.45, 7) is 3.53. The van der Waals surface area contributed by atoms with Crippen molar-refractivity contribution in [1.82, 2.24) is 0 Å². The van der Waals surface area contributed by atoms with E-state index in [-0.39, 0.29) is 25.4 Å². The molecule has 0 radical (unpaired) electrons. The Hall–Kier alpha value is -0.160. The largest absolute Gasteiger partial charge is 0.394 e. The van der Waals surface area contributed by atoms with Crippen LogP contribution in [0.15, 0.2) is 0 Å². The van der Waals surface area contributed by atoms with E-state index >= 15 is 0 Å². The van der Waals surface area contributed by atoms with Gasteiger partial charge in [0.25, 0.3) is 0 Å². The average Bonchev–Trinajstić information content (AvgIpc) is 2.43. The minimum Gasteiger partial charge on any atom is -0.394 e. The Morgan fingerprint density at radius 3 is 1.83 bits per heavy atom. The summed E-state index contributed by atoms with van der Waals surface area (Å²) in [7, 11) is 0. The van der Waals surface area contributed by atoms with E-state index in [1.165, 1.54) is 0 Å². The van der Waals surface area contributed by atoms with Gasteiger partial charge in [-0.3, -0.25) is 0 Å². The van der Waals surface area contributed by atoms with Gasteiger partial charge in [-0.15, -0.1) is 0 Å². The molecule has 0 aromatic heterocycles. The molecule has 0 aromatic rings. The van der Waals surface area contributed by atoms with Crippen LogP contribution in [0, 0.1) is 0 Å². The highest BCUT2D eigenvalue weighted by Crippen LogP contribution is 2.30. The summed E-state index contributed by atoms with van der Waals surface area (Å²) in [4.78, 5) is 0. The molecule has 0 spiro atoms. The topological polar surface area (TPSA) is 58.9 Å². The zero-order valence-electron chi connectivity index (χ0n) is 7.49. The van der Waals surface area contributed by atoms with Crippen molar-refractivity contribution in [2.45, 2.75) is 38.3 Å². The molecule has 1 heterocycles. The third-order valence-corrected chi connectivity index (χ3v) is 2.22. The highest BCUT2D eigenvalue weighted by molar-refractivity contribution is 4.81. The molecular weight excluding hydrogens is 160 g/mol. The lowest BCUT2D eigenvalue weighted by molar-refractivity contribution is -0.167. The third-order valence-electron chi connectivity index (χ3n) is 2.22. The Balaban J connectivity index is 2.58. The van der Waals surface area contributed by atoms with Gasteiger partial charge in [0.1, 0.15) is 12.2 Å². The van der Waals surface area contributed by atoms with Gasteiger partial charge in [-0.25, -0.2) is 0 Å². The first kappa shape index (κ1) is 9.92. The summed E-state index contributed by atoms with van der Waals surface area (Å²) < 4.78 is 10.8. The highest BCUT2D eigenvalue weighted by atomic mass is 16.8. The van der Waals surface area contributed by atoms with Gasteiger partial charge in [0.05, 0.1) is 13.2 Å². The standard InChI is InChI=1S/C8H16O4/c1-3-8(2)11-6(4-9)7(5-10)12-8/h6-7,9-10H,3-5H2,1-2H3. The number of ether oxygens (including phenoxy) is 2. The number of aliphatic hydroxyl groups excluding tert-OH is 2. The highest BCUT2D eigenvalue weighted by Gasteiger charge is 2.42. The van der Waals surface area contributed by atoms with Gasteiger partial charge in [-0.05, 0) is 13.3 Å². The molecule has 0 aromatic carbocycles. The third kappa shape index (κ3) is 1.77. The van der Waals surface area contributed by atoms with Crippen LogP contribution in [0.3, 0.4) is 0 Å². The van der Waals surface area contributed by atoms with E-state index in [0.717, 1.165) is 0 Å². The van der Waals surface area contributed by atoms with Crippen molar-refractivity contribution in [3.63, 3.8) is 0 Å². The van der Waals surface area contributed by atoms with Crippen molar-refractivity contribution in [2.24, 2.45) is 0 Å². The fraction of sp³-hybridized carbons (Fsp3) is 1.00. The lowest BCUT2D eigenvalue weighted by Crippen LogP contribution is -2.29. The van der Waals surface area contributed by atoms with Crippen molar-refractivity contribution in [3.8, 4) is 0 Å². The fourth-order valence-corrected chi connectivity index (χ4v) is 1.30. The van der Waals surface area contributed by atoms with Gasteiger partial charge in [-0.2, -0.15) is 0 Å². The minimum atomic E-state index is -0.638. The monoisotopic (exact) mass is 176 g/mol. The molecule has 4 nitrogen and oxygen atoms in total. The van der Waals surface area contributed by atoms with Crippen LogP contribution < -0.4 is 0 Å². The Morgan fingerprint density at radius 2 is 1.58 bits per heavy atom. The van der Waals surface area contributed by atoms with E-state index in [4.69, 9.17) is 19.7 Å². The molecule has 1 aliphatic heterocycles. The number of aliphatic hydroxyl groups is 2.